The lowest BCUT2D eigenvalue weighted by atomic mass is 9.96. The number of likely N-dealkylation sites (tertiary alicyclic amines) is 1. The third kappa shape index (κ3) is 5.15. The Balaban J connectivity index is 1.53. The summed E-state index contributed by atoms with van der Waals surface area (Å²) in [6.45, 7) is 2.61. The van der Waals surface area contributed by atoms with E-state index in [4.69, 9.17) is 9.47 Å². The Morgan fingerprint density at radius 2 is 1.89 bits per heavy atom. The molecule has 0 N–H and O–H groups in total. The minimum Gasteiger partial charge on any atom is -0.484 e. The Kier molecular flexibility index (Phi) is 6.43. The average Bonchev–Trinajstić information content (AvgIpc) is 2.72. The van der Waals surface area contributed by atoms with Crippen molar-refractivity contribution in [1.29, 1.82) is 0 Å². The van der Waals surface area contributed by atoms with Gasteiger partial charge in [-0.3, -0.25) is 9.59 Å². The average molecular weight is 400 g/mol. The molecule has 28 heavy (non-hydrogen) atoms. The predicted molar refractivity (Wildman–Crippen MR) is 93.6 cm³/mol. The van der Waals surface area contributed by atoms with E-state index in [2.05, 4.69) is 0 Å². The fourth-order valence-electron chi connectivity index (χ4n) is 3.45. The molecule has 2 heterocycles. The molecule has 2 saturated heterocycles. The number of nitrogens with zero attached hydrogens (tertiary/aromatic N) is 2. The highest BCUT2D eigenvalue weighted by molar-refractivity contribution is 5.82. The molecule has 154 valence electrons. The van der Waals surface area contributed by atoms with Crippen molar-refractivity contribution in [3.05, 3.63) is 29.8 Å². The topological polar surface area (TPSA) is 59.1 Å². The van der Waals surface area contributed by atoms with Crippen molar-refractivity contribution in [2.45, 2.75) is 19.0 Å². The van der Waals surface area contributed by atoms with Gasteiger partial charge in [0.15, 0.2) is 6.61 Å². The fourth-order valence-corrected chi connectivity index (χ4v) is 3.45. The summed E-state index contributed by atoms with van der Waals surface area (Å²) < 4.78 is 48.8. The monoisotopic (exact) mass is 400 g/mol. The lowest BCUT2D eigenvalue weighted by Crippen LogP contribution is -2.50. The Bertz CT molecular complexity index is 705. The summed E-state index contributed by atoms with van der Waals surface area (Å²) in [6, 6.07) is 4.43. The lowest BCUT2D eigenvalue weighted by molar-refractivity contribution is -0.144. The molecule has 0 bridgehead atoms. The highest BCUT2D eigenvalue weighted by atomic mass is 19.4. The quantitative estimate of drug-likeness (QED) is 0.778. The Hall–Kier alpha value is -2.29. The molecule has 0 aromatic heterocycles. The van der Waals surface area contributed by atoms with E-state index in [0.29, 0.717) is 52.2 Å². The maximum Gasteiger partial charge on any atom is 0.416 e. The predicted octanol–water partition coefficient (Wildman–Crippen LogP) is 2.18. The van der Waals surface area contributed by atoms with Gasteiger partial charge in [0.25, 0.3) is 5.91 Å². The van der Waals surface area contributed by atoms with Gasteiger partial charge >= 0.3 is 6.18 Å². The molecule has 2 aliphatic rings. The van der Waals surface area contributed by atoms with Gasteiger partial charge in [-0.2, -0.15) is 13.2 Å². The number of hydrogen-bond acceptors (Lipinski definition) is 4. The van der Waals surface area contributed by atoms with Crippen LogP contribution in [0.25, 0.3) is 0 Å². The molecule has 3 rings (SSSR count). The number of rotatable bonds is 4. The van der Waals surface area contributed by atoms with Gasteiger partial charge in [-0.15, -0.1) is 0 Å². The van der Waals surface area contributed by atoms with E-state index >= 15 is 0 Å². The summed E-state index contributed by atoms with van der Waals surface area (Å²) in [4.78, 5) is 28.4. The fraction of sp³-hybridized carbons (Fsp3) is 0.579. The molecule has 2 aliphatic heterocycles. The van der Waals surface area contributed by atoms with E-state index in [1.54, 1.807) is 9.80 Å². The summed E-state index contributed by atoms with van der Waals surface area (Å²) in [6.07, 6.45) is -3.05. The second-order valence-electron chi connectivity index (χ2n) is 6.93. The van der Waals surface area contributed by atoms with Gasteiger partial charge in [-0.25, -0.2) is 0 Å². The minimum atomic E-state index is -4.47. The zero-order chi connectivity index (χ0) is 20.1. The lowest BCUT2D eigenvalue weighted by Gasteiger charge is -2.36. The SMILES string of the molecule is O=C(COc1cccc(C(F)(F)F)c1)N1CCCC(C(=O)N2CCOCC2)C1. The molecule has 6 nitrogen and oxygen atoms in total. The van der Waals surface area contributed by atoms with Crippen LogP contribution in [0, 0.1) is 5.92 Å². The number of alkyl halides is 3. The number of carbonyl (C=O) groups is 2. The highest BCUT2D eigenvalue weighted by Crippen LogP contribution is 2.31. The third-order valence-electron chi connectivity index (χ3n) is 4.97. The van der Waals surface area contributed by atoms with Crippen molar-refractivity contribution in [3.63, 3.8) is 0 Å². The van der Waals surface area contributed by atoms with Crippen molar-refractivity contribution in [3.8, 4) is 5.75 Å². The number of ether oxygens (including phenoxy) is 2. The summed E-state index contributed by atoms with van der Waals surface area (Å²) >= 11 is 0. The third-order valence-corrected chi connectivity index (χ3v) is 4.97. The van der Waals surface area contributed by atoms with Crippen molar-refractivity contribution < 1.29 is 32.2 Å². The normalized spacial score (nSPS) is 20.8. The summed E-state index contributed by atoms with van der Waals surface area (Å²) in [7, 11) is 0. The number of halogens is 3. The Morgan fingerprint density at radius 1 is 1.14 bits per heavy atom. The number of piperidine rings is 1. The van der Waals surface area contributed by atoms with Crippen LogP contribution in [-0.2, 0) is 20.5 Å². The van der Waals surface area contributed by atoms with Gasteiger partial charge in [0.1, 0.15) is 5.75 Å². The van der Waals surface area contributed by atoms with E-state index in [0.717, 1.165) is 12.1 Å². The molecule has 1 aromatic carbocycles. The number of morpholine rings is 1. The first-order valence-electron chi connectivity index (χ1n) is 9.29. The summed E-state index contributed by atoms with van der Waals surface area (Å²) in [5, 5.41) is 0. The highest BCUT2D eigenvalue weighted by Gasteiger charge is 2.32. The number of benzene rings is 1. The van der Waals surface area contributed by atoms with Gasteiger partial charge < -0.3 is 19.3 Å². The molecule has 0 saturated carbocycles. The van der Waals surface area contributed by atoms with Crippen LogP contribution >= 0.6 is 0 Å². The number of amides is 2. The first-order chi connectivity index (χ1) is 13.3. The first-order valence-corrected chi connectivity index (χ1v) is 9.29. The van der Waals surface area contributed by atoms with Crippen molar-refractivity contribution in [2.75, 3.05) is 46.0 Å². The van der Waals surface area contributed by atoms with Crippen LogP contribution in [0.2, 0.25) is 0 Å². The van der Waals surface area contributed by atoms with Crippen LogP contribution in [0.15, 0.2) is 24.3 Å². The first kappa shape index (κ1) is 20.4. The van der Waals surface area contributed by atoms with Crippen molar-refractivity contribution in [2.24, 2.45) is 5.92 Å². The van der Waals surface area contributed by atoms with Gasteiger partial charge in [0, 0.05) is 26.2 Å². The second-order valence-corrected chi connectivity index (χ2v) is 6.93. The van der Waals surface area contributed by atoms with Crippen LogP contribution in [0.5, 0.6) is 5.75 Å². The standard InChI is InChI=1S/C19H23F3N2O4/c20-19(21,22)15-4-1-5-16(11-15)28-13-17(25)24-6-2-3-14(12-24)18(26)23-7-9-27-10-8-23/h1,4-5,11,14H,2-3,6-10,12-13H2. The van der Waals surface area contributed by atoms with Crippen molar-refractivity contribution in [1.82, 2.24) is 9.80 Å². The zero-order valence-corrected chi connectivity index (χ0v) is 15.4. The molecule has 1 unspecified atom stereocenters. The molecular formula is C19H23F3N2O4. The summed E-state index contributed by atoms with van der Waals surface area (Å²) in [5.74, 6) is -0.582. The van der Waals surface area contributed by atoms with Crippen LogP contribution in [0.3, 0.4) is 0 Å². The molecule has 1 atom stereocenters. The largest absolute Gasteiger partial charge is 0.484 e. The van der Waals surface area contributed by atoms with Crippen LogP contribution in [0.1, 0.15) is 18.4 Å². The van der Waals surface area contributed by atoms with Crippen molar-refractivity contribution >= 4 is 11.8 Å². The van der Waals surface area contributed by atoms with Crippen LogP contribution in [0.4, 0.5) is 13.2 Å². The van der Waals surface area contributed by atoms with E-state index in [1.165, 1.54) is 12.1 Å². The van der Waals surface area contributed by atoms with Gasteiger partial charge in [0.05, 0.1) is 24.7 Å². The Labute approximate surface area is 161 Å². The molecule has 0 spiro atoms. The van der Waals surface area contributed by atoms with E-state index in [9.17, 15) is 22.8 Å². The smallest absolute Gasteiger partial charge is 0.416 e. The van der Waals surface area contributed by atoms with Gasteiger partial charge in [-0.05, 0) is 31.0 Å². The van der Waals surface area contributed by atoms with E-state index < -0.39 is 11.7 Å². The molecule has 1 aromatic rings. The van der Waals surface area contributed by atoms with Gasteiger partial charge in [0.2, 0.25) is 5.91 Å². The maximum atomic E-state index is 12.8. The molecule has 0 aliphatic carbocycles. The summed E-state index contributed by atoms with van der Waals surface area (Å²) in [5.41, 5.74) is -0.827. The maximum absolute atomic E-state index is 12.8. The number of carbonyl (C=O) groups excluding carboxylic acids is 2. The van der Waals surface area contributed by atoms with E-state index in [1.807, 2.05) is 0 Å². The molecule has 9 heteroatoms. The molecule has 2 amide bonds. The second kappa shape index (κ2) is 8.81. The molecular weight excluding hydrogens is 377 g/mol. The molecule has 0 radical (unpaired) electrons. The zero-order valence-electron chi connectivity index (χ0n) is 15.4. The van der Waals surface area contributed by atoms with Gasteiger partial charge in [-0.1, -0.05) is 6.07 Å². The van der Waals surface area contributed by atoms with E-state index in [-0.39, 0.29) is 30.1 Å². The van der Waals surface area contributed by atoms with Crippen LogP contribution < -0.4 is 4.74 Å². The Morgan fingerprint density at radius 3 is 2.61 bits per heavy atom. The number of hydrogen-bond donors (Lipinski definition) is 0. The molecule has 2 fully saturated rings. The minimum absolute atomic E-state index is 0.0128. The van der Waals surface area contributed by atoms with Crippen LogP contribution in [-0.4, -0.2) is 67.6 Å².